The highest BCUT2D eigenvalue weighted by molar-refractivity contribution is 6.01. The number of hydrogen-bond acceptors (Lipinski definition) is 7. The van der Waals surface area contributed by atoms with E-state index >= 15 is 0 Å². The van der Waals surface area contributed by atoms with Crippen LogP contribution in [0, 0.1) is 11.6 Å². The fourth-order valence-electron chi connectivity index (χ4n) is 6.70. The van der Waals surface area contributed by atoms with Crippen LogP contribution in [0.15, 0.2) is 84.1 Å². The molecule has 0 aromatic heterocycles. The molecule has 51 heavy (non-hydrogen) atoms. The average molecular weight is 704 g/mol. The van der Waals surface area contributed by atoms with E-state index in [0.29, 0.717) is 18.9 Å². The molecule has 13 heteroatoms. The third-order valence-electron chi connectivity index (χ3n) is 9.15. The van der Waals surface area contributed by atoms with Crippen LogP contribution in [0.4, 0.5) is 24.1 Å². The number of urea groups is 2. The molecule has 3 aromatic rings. The Bertz CT molecular complexity index is 1760. The van der Waals surface area contributed by atoms with Crippen LogP contribution in [0.2, 0.25) is 0 Å². The topological polar surface area (TPSA) is 121 Å². The van der Waals surface area contributed by atoms with Crippen LogP contribution >= 0.6 is 0 Å². The van der Waals surface area contributed by atoms with Gasteiger partial charge < -0.3 is 25.0 Å². The van der Waals surface area contributed by atoms with E-state index in [9.17, 15) is 28.0 Å². The van der Waals surface area contributed by atoms with Gasteiger partial charge in [0.15, 0.2) is 11.6 Å². The molecule has 0 bridgehead atoms. The van der Waals surface area contributed by atoms with Crippen molar-refractivity contribution in [1.82, 2.24) is 20.0 Å². The zero-order chi connectivity index (χ0) is 36.5. The zero-order valence-corrected chi connectivity index (χ0v) is 29.0. The number of benzene rings is 3. The summed E-state index contributed by atoms with van der Waals surface area (Å²) in [6.45, 7) is 3.92. The molecule has 11 nitrogen and oxygen atoms in total. The van der Waals surface area contributed by atoms with E-state index in [4.69, 9.17) is 9.47 Å². The highest BCUT2D eigenvalue weighted by atomic mass is 19.2. The largest absolute Gasteiger partial charge is 0.466 e. The molecule has 0 aliphatic carbocycles. The van der Waals surface area contributed by atoms with Gasteiger partial charge in [-0.3, -0.25) is 9.69 Å². The SMILES string of the molecule is COCC1=C(C(=O)OC)[C@H](c2ccc(F)c(F)c2)N(C(=O)NCCCN2CCC(c3cccc(NC(C)=O)c3)CC2)C(=O)N1Cc1ccccc1. The van der Waals surface area contributed by atoms with Gasteiger partial charge in [0.05, 0.1) is 31.5 Å². The summed E-state index contributed by atoms with van der Waals surface area (Å²) in [4.78, 5) is 57.6. The first-order valence-corrected chi connectivity index (χ1v) is 16.9. The minimum atomic E-state index is -1.43. The Hall–Kier alpha value is -5.14. The molecule has 2 heterocycles. The van der Waals surface area contributed by atoms with Gasteiger partial charge in [0.1, 0.15) is 6.04 Å². The Labute approximate surface area is 296 Å². The number of nitrogens with one attached hydrogen (secondary N) is 2. The number of likely N-dealkylation sites (tertiary alicyclic amines) is 1. The monoisotopic (exact) mass is 703 g/mol. The molecule has 0 spiro atoms. The summed E-state index contributed by atoms with van der Waals surface area (Å²) in [7, 11) is 2.56. The summed E-state index contributed by atoms with van der Waals surface area (Å²) in [5.74, 6) is -2.92. The van der Waals surface area contributed by atoms with Crippen molar-refractivity contribution < 1.29 is 37.4 Å². The highest BCUT2D eigenvalue weighted by Crippen LogP contribution is 2.39. The number of nitrogens with zero attached hydrogens (tertiary/aromatic N) is 3. The summed E-state index contributed by atoms with van der Waals surface area (Å²) in [5.41, 5.74) is 2.73. The minimum absolute atomic E-state index is 0.000623. The Morgan fingerprint density at radius 3 is 2.31 bits per heavy atom. The van der Waals surface area contributed by atoms with E-state index in [1.165, 1.54) is 30.6 Å². The molecule has 5 rings (SSSR count). The van der Waals surface area contributed by atoms with Gasteiger partial charge in [0, 0.05) is 26.3 Å². The van der Waals surface area contributed by atoms with Crippen LogP contribution in [0.3, 0.4) is 0 Å². The first-order valence-electron chi connectivity index (χ1n) is 16.9. The Morgan fingerprint density at radius 1 is 0.902 bits per heavy atom. The molecule has 0 radical (unpaired) electrons. The third-order valence-corrected chi connectivity index (χ3v) is 9.15. The van der Waals surface area contributed by atoms with Gasteiger partial charge in [-0.1, -0.05) is 48.5 Å². The number of amides is 5. The fourth-order valence-corrected chi connectivity index (χ4v) is 6.70. The number of imide groups is 1. The summed E-state index contributed by atoms with van der Waals surface area (Å²) in [5, 5.41) is 5.66. The predicted molar refractivity (Wildman–Crippen MR) is 186 cm³/mol. The van der Waals surface area contributed by atoms with E-state index in [-0.39, 0.29) is 42.4 Å². The number of hydrogen-bond donors (Lipinski definition) is 2. The maximum atomic E-state index is 14.6. The second-order valence-electron chi connectivity index (χ2n) is 12.6. The molecule has 1 atom stereocenters. The second-order valence-corrected chi connectivity index (χ2v) is 12.6. The number of piperidine rings is 1. The summed E-state index contributed by atoms with van der Waals surface area (Å²) >= 11 is 0. The molecule has 5 amide bonds. The fraction of sp³-hybridized carbons (Fsp3) is 0.368. The number of carbonyl (C=O) groups is 4. The van der Waals surface area contributed by atoms with E-state index in [2.05, 4.69) is 21.6 Å². The van der Waals surface area contributed by atoms with Gasteiger partial charge in [-0.25, -0.2) is 28.1 Å². The summed E-state index contributed by atoms with van der Waals surface area (Å²) in [6.07, 6.45) is 2.46. The number of anilines is 1. The van der Waals surface area contributed by atoms with Crippen LogP contribution in [0.1, 0.15) is 54.8 Å². The van der Waals surface area contributed by atoms with E-state index in [1.54, 1.807) is 24.3 Å². The van der Waals surface area contributed by atoms with Crippen molar-refractivity contribution in [1.29, 1.82) is 0 Å². The lowest BCUT2D eigenvalue weighted by Gasteiger charge is -2.42. The highest BCUT2D eigenvalue weighted by Gasteiger charge is 2.46. The molecule has 270 valence electrons. The van der Waals surface area contributed by atoms with Gasteiger partial charge in [-0.15, -0.1) is 0 Å². The predicted octanol–water partition coefficient (Wildman–Crippen LogP) is 5.95. The van der Waals surface area contributed by atoms with Gasteiger partial charge in [0.2, 0.25) is 5.91 Å². The minimum Gasteiger partial charge on any atom is -0.466 e. The van der Waals surface area contributed by atoms with Crippen molar-refractivity contribution in [2.24, 2.45) is 0 Å². The third kappa shape index (κ3) is 8.97. The van der Waals surface area contributed by atoms with Crippen molar-refractivity contribution in [3.05, 3.63) is 112 Å². The van der Waals surface area contributed by atoms with Crippen LogP contribution in [-0.4, -0.2) is 85.6 Å². The summed E-state index contributed by atoms with van der Waals surface area (Å²) in [6, 6.07) is 16.9. The molecule has 0 saturated carbocycles. The molecular weight excluding hydrogens is 660 g/mol. The van der Waals surface area contributed by atoms with Crippen molar-refractivity contribution in [3.8, 4) is 0 Å². The smallest absolute Gasteiger partial charge is 0.338 e. The molecular formula is C38H43F2N5O6. The normalized spacial score (nSPS) is 17.0. The van der Waals surface area contributed by atoms with Crippen molar-refractivity contribution in [2.75, 3.05) is 52.3 Å². The first kappa shape index (κ1) is 37.1. The Morgan fingerprint density at radius 2 is 1.65 bits per heavy atom. The molecule has 3 aromatic carbocycles. The van der Waals surface area contributed by atoms with Crippen LogP contribution < -0.4 is 10.6 Å². The Kier molecular flexibility index (Phi) is 12.5. The summed E-state index contributed by atoms with van der Waals surface area (Å²) < 4.78 is 39.2. The van der Waals surface area contributed by atoms with Crippen LogP contribution in [-0.2, 0) is 25.6 Å². The number of ether oxygens (including phenoxy) is 2. The van der Waals surface area contributed by atoms with E-state index in [0.717, 1.165) is 61.3 Å². The quantitative estimate of drug-likeness (QED) is 0.177. The number of esters is 1. The maximum Gasteiger partial charge on any atom is 0.338 e. The average Bonchev–Trinajstić information content (AvgIpc) is 3.13. The lowest BCUT2D eigenvalue weighted by molar-refractivity contribution is -0.137. The number of halogens is 2. The lowest BCUT2D eigenvalue weighted by Crippen LogP contribution is -2.56. The van der Waals surface area contributed by atoms with Crippen molar-refractivity contribution >= 4 is 29.6 Å². The first-order chi connectivity index (χ1) is 24.6. The number of rotatable bonds is 12. The van der Waals surface area contributed by atoms with Crippen LogP contribution in [0.25, 0.3) is 0 Å². The maximum absolute atomic E-state index is 14.6. The molecule has 2 aliphatic heterocycles. The van der Waals surface area contributed by atoms with Crippen molar-refractivity contribution in [2.45, 2.75) is 44.7 Å². The molecule has 1 saturated heterocycles. The second kappa shape index (κ2) is 17.2. The molecule has 2 N–H and O–H groups in total. The van der Waals surface area contributed by atoms with Gasteiger partial charge in [-0.05, 0) is 85.8 Å². The lowest BCUT2D eigenvalue weighted by atomic mass is 9.89. The standard InChI is InChI=1S/C38H43F2N5O6/c1-25(46)42-30-12-7-11-28(21-30)27-15-19-43(20-16-27)18-8-17-41-37(48)45-35(29-13-14-31(39)32(40)22-29)34(36(47)51-3)33(24-50-2)44(38(45)49)23-26-9-5-4-6-10-26/h4-7,9-14,21-22,27,35H,8,15-20,23-24H2,1-3H3,(H,41,48)(H,42,46)/t35-/m0/s1. The van der Waals surface area contributed by atoms with Crippen LogP contribution in [0.5, 0.6) is 0 Å². The van der Waals surface area contributed by atoms with Gasteiger partial charge in [0.25, 0.3) is 0 Å². The molecule has 2 aliphatic rings. The molecule has 0 unspecified atom stereocenters. The number of methoxy groups -OCH3 is 2. The molecule has 1 fully saturated rings. The van der Waals surface area contributed by atoms with Crippen molar-refractivity contribution in [3.63, 3.8) is 0 Å². The Balaban J connectivity index is 1.32. The zero-order valence-electron chi connectivity index (χ0n) is 29.0. The number of carbonyl (C=O) groups excluding carboxylic acids is 4. The van der Waals surface area contributed by atoms with E-state index < -0.39 is 35.7 Å². The van der Waals surface area contributed by atoms with E-state index in [1.807, 2.05) is 24.3 Å². The van der Waals surface area contributed by atoms with Gasteiger partial charge in [-0.2, -0.15) is 0 Å². The van der Waals surface area contributed by atoms with Gasteiger partial charge >= 0.3 is 18.0 Å².